The number of hydrogen-bond donors (Lipinski definition) is 1. The summed E-state index contributed by atoms with van der Waals surface area (Å²) in [4.78, 5) is 37.6. The number of hydrogen-bond acceptors (Lipinski definition) is 7. The molecule has 8 rings (SSSR count). The van der Waals surface area contributed by atoms with Crippen LogP contribution in [-0.2, 0) is 18.4 Å². The van der Waals surface area contributed by atoms with Crippen LogP contribution >= 0.6 is 22.9 Å². The number of fused-ring (bicyclic) bond motifs is 3. The van der Waals surface area contributed by atoms with Gasteiger partial charge in [-0.15, -0.1) is 11.3 Å². The van der Waals surface area contributed by atoms with E-state index in [1.54, 1.807) is 28.1 Å². The lowest BCUT2D eigenvalue weighted by Crippen LogP contribution is -2.50. The highest BCUT2D eigenvalue weighted by atomic mass is 35.5. The maximum atomic E-state index is 14.3. The van der Waals surface area contributed by atoms with Gasteiger partial charge < -0.3 is 9.84 Å². The van der Waals surface area contributed by atoms with Gasteiger partial charge >= 0.3 is 5.97 Å². The highest BCUT2D eigenvalue weighted by molar-refractivity contribution is 7.18. The molecule has 0 bridgehead atoms. The Balaban J connectivity index is 1.06. The Morgan fingerprint density at radius 3 is 2.68 bits per heavy atom. The van der Waals surface area contributed by atoms with E-state index in [9.17, 15) is 23.5 Å². The third-order valence-corrected chi connectivity index (χ3v) is 12.1. The Kier molecular flexibility index (Phi) is 7.10. The number of benzene rings is 1. The number of carboxylic acid groups (broad SMARTS) is 1. The SMILES string of the molecule is Cc1cc(-c2cc(Cl)ccc2OCCn2c(C)nc3c(c2=O)C[C@@H](N2CCC[C@@]4(C2)CC4(F)F)CC32CC2)c2scc(C(=O)O)c2n1. The molecule has 0 amide bonds. The second-order valence-corrected chi connectivity index (χ2v) is 15.3. The lowest BCUT2D eigenvalue weighted by Gasteiger charge is -2.42. The van der Waals surface area contributed by atoms with Gasteiger partial charge in [-0.3, -0.25) is 19.2 Å². The van der Waals surface area contributed by atoms with Crippen molar-refractivity contribution in [3.8, 4) is 16.9 Å². The van der Waals surface area contributed by atoms with Crippen LogP contribution in [0, 0.1) is 19.3 Å². The summed E-state index contributed by atoms with van der Waals surface area (Å²) in [5.74, 6) is -2.42. The topological polar surface area (TPSA) is 97.6 Å². The van der Waals surface area contributed by atoms with Gasteiger partial charge in [-0.2, -0.15) is 0 Å². The van der Waals surface area contributed by atoms with E-state index < -0.39 is 17.3 Å². The standard InChI is InChI=1S/C35H35ClF2N4O4S/c1-19-12-24(29-28(39-19)26(16-47-29)32(44)45)23-13-21(36)4-5-27(23)46-11-10-42-20(2)40-30-25(31(42)43)14-22(15-33(30)7-8-33)41-9-3-6-34(18-41)17-35(34,37)38/h4-5,12-13,16,22H,3,6-11,14-15,17-18H2,1-2H3,(H,44,45)/t22-,34+/m1/s1. The van der Waals surface area contributed by atoms with Crippen molar-refractivity contribution in [1.29, 1.82) is 0 Å². The minimum absolute atomic E-state index is 0.0177. The van der Waals surface area contributed by atoms with E-state index in [2.05, 4.69) is 9.88 Å². The van der Waals surface area contributed by atoms with Gasteiger partial charge in [0.2, 0.25) is 0 Å². The molecule has 4 aromatic rings. The molecule has 8 nitrogen and oxygen atoms in total. The van der Waals surface area contributed by atoms with E-state index in [4.69, 9.17) is 21.3 Å². The molecule has 3 fully saturated rings. The molecule has 12 heteroatoms. The molecule has 3 aliphatic carbocycles. The first-order valence-corrected chi connectivity index (χ1v) is 17.4. The van der Waals surface area contributed by atoms with Crippen LogP contribution in [-0.4, -0.2) is 62.2 Å². The van der Waals surface area contributed by atoms with Crippen molar-refractivity contribution >= 4 is 39.1 Å². The summed E-state index contributed by atoms with van der Waals surface area (Å²) >= 11 is 7.73. The predicted octanol–water partition coefficient (Wildman–Crippen LogP) is 7.04. The summed E-state index contributed by atoms with van der Waals surface area (Å²) in [6.45, 7) is 5.34. The van der Waals surface area contributed by atoms with Gasteiger partial charge in [-0.25, -0.2) is 18.6 Å². The molecule has 1 aliphatic heterocycles. The number of aromatic carboxylic acids is 1. The first kappa shape index (κ1) is 30.9. The number of piperidine rings is 1. The van der Waals surface area contributed by atoms with Crippen molar-refractivity contribution in [2.75, 3.05) is 19.7 Å². The van der Waals surface area contributed by atoms with Crippen molar-refractivity contribution in [3.63, 3.8) is 0 Å². The first-order valence-electron chi connectivity index (χ1n) is 16.2. The smallest absolute Gasteiger partial charge is 0.338 e. The first-order chi connectivity index (χ1) is 22.4. The molecule has 3 aromatic heterocycles. The van der Waals surface area contributed by atoms with Gasteiger partial charge in [-0.1, -0.05) is 11.6 Å². The molecule has 1 N–H and O–H groups in total. The van der Waals surface area contributed by atoms with E-state index in [1.165, 1.54) is 11.3 Å². The Hall–Kier alpha value is -3.41. The normalized spacial score (nSPS) is 24.1. The van der Waals surface area contributed by atoms with Crippen molar-refractivity contribution in [3.05, 3.63) is 73.4 Å². The van der Waals surface area contributed by atoms with Gasteiger partial charge in [0.15, 0.2) is 0 Å². The maximum absolute atomic E-state index is 14.3. The van der Waals surface area contributed by atoms with Crippen LogP contribution in [0.25, 0.3) is 21.3 Å². The molecule has 2 spiro atoms. The van der Waals surface area contributed by atoms with Crippen LogP contribution in [0.1, 0.15) is 71.7 Å². The lowest BCUT2D eigenvalue weighted by molar-refractivity contribution is 0.00859. The average Bonchev–Trinajstić information content (AvgIpc) is 3.83. The number of thiophene rings is 1. The molecule has 1 saturated heterocycles. The maximum Gasteiger partial charge on any atom is 0.338 e. The zero-order valence-corrected chi connectivity index (χ0v) is 27.8. The Morgan fingerprint density at radius 2 is 1.96 bits per heavy atom. The minimum atomic E-state index is -2.57. The zero-order valence-electron chi connectivity index (χ0n) is 26.2. The number of carbonyl (C=O) groups is 1. The third kappa shape index (κ3) is 5.07. The summed E-state index contributed by atoms with van der Waals surface area (Å²) < 4.78 is 37.4. The van der Waals surface area contributed by atoms with Crippen LogP contribution in [0.3, 0.4) is 0 Å². The number of rotatable bonds is 7. The molecule has 2 saturated carbocycles. The molecule has 0 unspecified atom stereocenters. The van der Waals surface area contributed by atoms with Crippen LogP contribution in [0.15, 0.2) is 34.4 Å². The van der Waals surface area contributed by atoms with Crippen molar-refractivity contribution in [2.45, 2.75) is 82.7 Å². The van der Waals surface area contributed by atoms with Gasteiger partial charge in [0, 0.05) is 57.2 Å². The third-order valence-electron chi connectivity index (χ3n) is 10.9. The molecule has 0 radical (unpaired) electrons. The number of alkyl halides is 2. The van der Waals surface area contributed by atoms with Gasteiger partial charge in [0.1, 0.15) is 18.2 Å². The molecule has 4 aliphatic rings. The minimum Gasteiger partial charge on any atom is -0.491 e. The van der Waals surface area contributed by atoms with E-state index in [1.807, 2.05) is 19.9 Å². The summed E-state index contributed by atoms with van der Waals surface area (Å²) in [7, 11) is 0. The van der Waals surface area contributed by atoms with Gasteiger partial charge in [0.05, 0.1) is 33.4 Å². The van der Waals surface area contributed by atoms with Crippen molar-refractivity contribution in [1.82, 2.24) is 19.4 Å². The second-order valence-electron chi connectivity index (χ2n) is 14.0. The molecule has 4 heterocycles. The number of likely N-dealkylation sites (tertiary alicyclic amines) is 1. The summed E-state index contributed by atoms with van der Waals surface area (Å²) in [5.41, 5.74) is 3.27. The highest BCUT2D eigenvalue weighted by Gasteiger charge is 2.71. The van der Waals surface area contributed by atoms with Crippen LogP contribution < -0.4 is 10.3 Å². The fourth-order valence-electron chi connectivity index (χ4n) is 8.17. The Labute approximate surface area is 279 Å². The molecule has 2 atom stereocenters. The highest BCUT2D eigenvalue weighted by Crippen LogP contribution is 2.65. The van der Waals surface area contributed by atoms with Crippen LogP contribution in [0.4, 0.5) is 8.78 Å². The quantitative estimate of drug-likeness (QED) is 0.224. The zero-order chi connectivity index (χ0) is 32.9. The molecule has 47 heavy (non-hydrogen) atoms. The van der Waals surface area contributed by atoms with E-state index >= 15 is 0 Å². The van der Waals surface area contributed by atoms with E-state index in [0.29, 0.717) is 52.8 Å². The lowest BCUT2D eigenvalue weighted by atomic mass is 9.79. The fourth-order valence-corrected chi connectivity index (χ4v) is 9.35. The number of nitrogens with zero attached hydrogens (tertiary/aromatic N) is 4. The second kappa shape index (κ2) is 10.8. The summed E-state index contributed by atoms with van der Waals surface area (Å²) in [6.07, 6.45) is 4.69. The van der Waals surface area contributed by atoms with E-state index in [-0.39, 0.29) is 42.2 Å². The largest absolute Gasteiger partial charge is 0.491 e. The van der Waals surface area contributed by atoms with Crippen LogP contribution in [0.5, 0.6) is 5.75 Å². The monoisotopic (exact) mass is 680 g/mol. The van der Waals surface area contributed by atoms with Gasteiger partial charge in [-0.05, 0) is 83.2 Å². The predicted molar refractivity (Wildman–Crippen MR) is 176 cm³/mol. The Morgan fingerprint density at radius 1 is 1.17 bits per heavy atom. The Bertz CT molecular complexity index is 2020. The number of halogens is 3. The molecular formula is C35H35ClF2N4O4S. The summed E-state index contributed by atoms with van der Waals surface area (Å²) in [5, 5.41) is 11.8. The van der Waals surface area contributed by atoms with Crippen LogP contribution in [0.2, 0.25) is 5.02 Å². The van der Waals surface area contributed by atoms with Gasteiger partial charge in [0.25, 0.3) is 11.5 Å². The van der Waals surface area contributed by atoms with Crippen molar-refractivity contribution in [2.24, 2.45) is 5.41 Å². The molecule has 1 aromatic carbocycles. The number of pyridine rings is 1. The fraction of sp³-hybridized carbons (Fsp3) is 0.486. The molecule has 246 valence electrons. The average molecular weight is 681 g/mol. The van der Waals surface area contributed by atoms with Crippen molar-refractivity contribution < 1.29 is 23.4 Å². The number of carboxylic acids is 1. The molecular weight excluding hydrogens is 646 g/mol. The number of aryl methyl sites for hydroxylation is 2. The number of aromatic nitrogens is 3. The summed E-state index contributed by atoms with van der Waals surface area (Å²) in [6, 6.07) is 7.27. The van der Waals surface area contributed by atoms with E-state index in [0.717, 1.165) is 53.7 Å². The number of ether oxygens (including phenoxy) is 1.